The quantitative estimate of drug-likeness (QED) is 0.507. The summed E-state index contributed by atoms with van der Waals surface area (Å²) in [6.45, 7) is 5.97. The molecule has 2 amide bonds. The molecule has 6 N–H and O–H groups in total. The topological polar surface area (TPSA) is 151 Å². The van der Waals surface area contributed by atoms with Gasteiger partial charge in [-0.3, -0.25) is 9.59 Å². The number of piperidine rings is 1. The van der Waals surface area contributed by atoms with Crippen LogP contribution in [-0.4, -0.2) is 69.6 Å². The van der Waals surface area contributed by atoms with Crippen LogP contribution in [0.3, 0.4) is 0 Å². The van der Waals surface area contributed by atoms with Gasteiger partial charge in [-0.15, -0.1) is 0 Å². The predicted octanol–water partition coefficient (Wildman–Crippen LogP) is 1.09. The monoisotopic (exact) mass is 453 g/mol. The number of nitrogens with one attached hydrogen (secondary N) is 1. The zero-order valence-electron chi connectivity index (χ0n) is 19.0. The number of nitrogens with two attached hydrogens (primary N) is 2. The van der Waals surface area contributed by atoms with Gasteiger partial charge < -0.3 is 31.7 Å². The maximum atomic E-state index is 12.9. The van der Waals surface area contributed by atoms with E-state index < -0.39 is 11.5 Å². The number of nitrogens with zero attached hydrogens (tertiary/aromatic N) is 4. The maximum absolute atomic E-state index is 12.9. The fraction of sp³-hybridized carbons (Fsp3) is 0.478. The SMILES string of the molecule is CC(C)(O)C1CN(C(=O)c2cccc(Nc3nc(N4CCCC(N)C4)ncc3C(N)=O)c2)C1. The van der Waals surface area contributed by atoms with Gasteiger partial charge in [-0.05, 0) is 44.9 Å². The van der Waals surface area contributed by atoms with Crippen molar-refractivity contribution in [1.82, 2.24) is 14.9 Å². The second kappa shape index (κ2) is 8.95. The van der Waals surface area contributed by atoms with Crippen molar-refractivity contribution in [1.29, 1.82) is 0 Å². The van der Waals surface area contributed by atoms with Crippen LogP contribution in [0, 0.1) is 5.92 Å². The highest BCUT2D eigenvalue weighted by Gasteiger charge is 2.39. The number of likely N-dealkylation sites (tertiary alicyclic amines) is 1. The number of carbonyl (C=O) groups excluding carboxylic acids is 2. The summed E-state index contributed by atoms with van der Waals surface area (Å²) in [5.41, 5.74) is 12.1. The van der Waals surface area contributed by atoms with Crippen LogP contribution in [0.4, 0.5) is 17.5 Å². The van der Waals surface area contributed by atoms with Gasteiger partial charge in [0, 0.05) is 55.6 Å². The van der Waals surface area contributed by atoms with Crippen LogP contribution in [0.25, 0.3) is 0 Å². The summed E-state index contributed by atoms with van der Waals surface area (Å²) < 4.78 is 0. The van der Waals surface area contributed by atoms with E-state index in [0.717, 1.165) is 19.4 Å². The molecule has 4 rings (SSSR count). The van der Waals surface area contributed by atoms with E-state index in [1.807, 2.05) is 4.90 Å². The van der Waals surface area contributed by atoms with Gasteiger partial charge in [0.25, 0.3) is 11.8 Å². The number of hydrogen-bond acceptors (Lipinski definition) is 8. The van der Waals surface area contributed by atoms with Gasteiger partial charge in [-0.1, -0.05) is 6.07 Å². The van der Waals surface area contributed by atoms with Crippen LogP contribution >= 0.6 is 0 Å². The van der Waals surface area contributed by atoms with Crippen molar-refractivity contribution in [2.24, 2.45) is 17.4 Å². The average molecular weight is 454 g/mol. The summed E-state index contributed by atoms with van der Waals surface area (Å²) in [6, 6.07) is 7.05. The molecule has 10 heteroatoms. The largest absolute Gasteiger partial charge is 0.390 e. The summed E-state index contributed by atoms with van der Waals surface area (Å²) in [7, 11) is 0. The van der Waals surface area contributed by atoms with Gasteiger partial charge in [0.2, 0.25) is 5.95 Å². The van der Waals surface area contributed by atoms with Crippen molar-refractivity contribution in [3.05, 3.63) is 41.6 Å². The van der Waals surface area contributed by atoms with E-state index in [2.05, 4.69) is 15.3 Å². The first kappa shape index (κ1) is 22.9. The number of rotatable bonds is 6. The van der Waals surface area contributed by atoms with Gasteiger partial charge in [0.1, 0.15) is 11.4 Å². The number of amides is 2. The Hall–Kier alpha value is -3.24. The van der Waals surface area contributed by atoms with E-state index in [1.54, 1.807) is 43.0 Å². The van der Waals surface area contributed by atoms with Crippen LogP contribution in [0.15, 0.2) is 30.5 Å². The van der Waals surface area contributed by atoms with E-state index in [9.17, 15) is 14.7 Å². The van der Waals surface area contributed by atoms with Gasteiger partial charge in [0.05, 0.1) is 5.60 Å². The minimum atomic E-state index is -0.811. The highest BCUT2D eigenvalue weighted by molar-refractivity contribution is 5.99. The van der Waals surface area contributed by atoms with E-state index in [-0.39, 0.29) is 29.2 Å². The first-order valence-electron chi connectivity index (χ1n) is 11.2. The Morgan fingerprint density at radius 1 is 1.24 bits per heavy atom. The molecule has 2 aromatic rings. The van der Waals surface area contributed by atoms with Crippen molar-refractivity contribution in [3.63, 3.8) is 0 Å². The third-order valence-corrected chi connectivity index (χ3v) is 6.32. The van der Waals surface area contributed by atoms with E-state index >= 15 is 0 Å². The predicted molar refractivity (Wildman–Crippen MR) is 125 cm³/mol. The smallest absolute Gasteiger partial charge is 0.254 e. The highest BCUT2D eigenvalue weighted by atomic mass is 16.3. The minimum Gasteiger partial charge on any atom is -0.390 e. The van der Waals surface area contributed by atoms with E-state index in [0.29, 0.717) is 36.8 Å². The van der Waals surface area contributed by atoms with Gasteiger partial charge in [0.15, 0.2) is 0 Å². The lowest BCUT2D eigenvalue weighted by Gasteiger charge is -2.45. The number of benzene rings is 1. The molecule has 0 saturated carbocycles. The molecule has 1 unspecified atom stereocenters. The molecule has 2 fully saturated rings. The summed E-state index contributed by atoms with van der Waals surface area (Å²) >= 11 is 0. The maximum Gasteiger partial charge on any atom is 0.254 e. The Bertz CT molecular complexity index is 1050. The number of carbonyl (C=O) groups is 2. The second-order valence-electron chi connectivity index (χ2n) is 9.41. The number of aliphatic hydroxyl groups is 1. The standard InChI is InChI=1S/C23H31N7O3/c1-23(2,33)15-11-30(12-15)21(32)14-5-3-7-17(9-14)27-20-18(19(25)31)10-26-22(28-20)29-8-4-6-16(24)13-29/h3,5,7,9-10,15-16,33H,4,6,8,11-13,24H2,1-2H3,(H2,25,31)(H,26,27,28). The summed E-state index contributed by atoms with van der Waals surface area (Å²) in [5.74, 6) is 0.0541. The lowest BCUT2D eigenvalue weighted by Crippen LogP contribution is -2.57. The van der Waals surface area contributed by atoms with Crippen LogP contribution in [0.5, 0.6) is 0 Å². The van der Waals surface area contributed by atoms with Crippen molar-refractivity contribution >= 4 is 29.3 Å². The Labute approximate surface area is 193 Å². The summed E-state index contributed by atoms with van der Waals surface area (Å²) in [5, 5.41) is 13.2. The molecule has 0 aliphatic carbocycles. The average Bonchev–Trinajstić information content (AvgIpc) is 2.71. The molecule has 176 valence electrons. The summed E-state index contributed by atoms with van der Waals surface area (Å²) in [4.78, 5) is 37.4. The Kier molecular flexibility index (Phi) is 6.22. The normalized spacial score (nSPS) is 19.2. The van der Waals surface area contributed by atoms with Gasteiger partial charge in [-0.25, -0.2) is 4.98 Å². The minimum absolute atomic E-state index is 0.0507. The fourth-order valence-corrected chi connectivity index (χ4v) is 4.13. The molecule has 0 bridgehead atoms. The zero-order chi connectivity index (χ0) is 23.8. The Balaban J connectivity index is 1.53. The molecule has 2 aliphatic rings. The summed E-state index contributed by atoms with van der Waals surface area (Å²) in [6.07, 6.45) is 3.31. The van der Waals surface area contributed by atoms with Crippen LogP contribution in [-0.2, 0) is 0 Å². The zero-order valence-corrected chi connectivity index (χ0v) is 19.0. The molecule has 2 saturated heterocycles. The third kappa shape index (κ3) is 5.07. The number of hydrogen-bond donors (Lipinski definition) is 4. The number of anilines is 3. The van der Waals surface area contributed by atoms with Crippen molar-refractivity contribution in [3.8, 4) is 0 Å². The lowest BCUT2D eigenvalue weighted by atomic mass is 9.84. The molecule has 1 aromatic carbocycles. The molecule has 3 heterocycles. The van der Waals surface area contributed by atoms with Crippen LogP contribution in [0.1, 0.15) is 47.4 Å². The molecular weight excluding hydrogens is 422 g/mol. The second-order valence-corrected chi connectivity index (χ2v) is 9.41. The first-order valence-corrected chi connectivity index (χ1v) is 11.2. The van der Waals surface area contributed by atoms with Crippen LogP contribution in [0.2, 0.25) is 0 Å². The van der Waals surface area contributed by atoms with Crippen LogP contribution < -0.4 is 21.7 Å². The number of aromatic nitrogens is 2. The third-order valence-electron chi connectivity index (χ3n) is 6.32. The molecule has 1 atom stereocenters. The fourth-order valence-electron chi connectivity index (χ4n) is 4.13. The molecule has 1 aromatic heterocycles. The highest BCUT2D eigenvalue weighted by Crippen LogP contribution is 2.29. The van der Waals surface area contributed by atoms with Gasteiger partial charge >= 0.3 is 0 Å². The van der Waals surface area contributed by atoms with E-state index in [4.69, 9.17) is 11.5 Å². The molecule has 10 nitrogen and oxygen atoms in total. The van der Waals surface area contributed by atoms with Crippen molar-refractivity contribution in [2.45, 2.75) is 38.3 Å². The molecule has 0 spiro atoms. The molecule has 2 aliphatic heterocycles. The van der Waals surface area contributed by atoms with E-state index in [1.165, 1.54) is 6.20 Å². The Morgan fingerprint density at radius 3 is 2.67 bits per heavy atom. The Morgan fingerprint density at radius 2 is 2.00 bits per heavy atom. The molecular formula is C23H31N7O3. The lowest BCUT2D eigenvalue weighted by molar-refractivity contribution is -0.0507. The van der Waals surface area contributed by atoms with Crippen molar-refractivity contribution < 1.29 is 14.7 Å². The van der Waals surface area contributed by atoms with Gasteiger partial charge in [-0.2, -0.15) is 4.98 Å². The molecule has 0 radical (unpaired) electrons. The van der Waals surface area contributed by atoms with Crippen molar-refractivity contribution in [2.75, 3.05) is 36.4 Å². The first-order chi connectivity index (χ1) is 15.6. The number of primary amides is 1. The molecule has 33 heavy (non-hydrogen) atoms.